The van der Waals surface area contributed by atoms with E-state index >= 15 is 0 Å². The van der Waals surface area contributed by atoms with E-state index in [1.807, 2.05) is 21.0 Å². The lowest BCUT2D eigenvalue weighted by Gasteiger charge is -2.36. The molecule has 112 valence electrons. The highest BCUT2D eigenvalue weighted by Crippen LogP contribution is 2.18. The van der Waals surface area contributed by atoms with Crippen LogP contribution in [0.3, 0.4) is 0 Å². The number of hydrogen-bond donors (Lipinski definition) is 1. The first kappa shape index (κ1) is 15.1. The van der Waals surface area contributed by atoms with Gasteiger partial charge in [0.15, 0.2) is 0 Å². The Morgan fingerprint density at radius 2 is 2.05 bits per heavy atom. The minimum absolute atomic E-state index is 0.163. The Hall–Kier alpha value is -1.28. The van der Waals surface area contributed by atoms with Crippen molar-refractivity contribution in [1.82, 2.24) is 19.9 Å². The molecular weight excluding hydrogens is 276 g/mol. The lowest BCUT2D eigenvalue weighted by molar-refractivity contribution is 0.196. The molecule has 2 N–H and O–H groups in total. The first-order chi connectivity index (χ1) is 9.38. The van der Waals surface area contributed by atoms with E-state index in [9.17, 15) is 4.21 Å². The molecule has 3 unspecified atom stereocenters. The lowest BCUT2D eigenvalue weighted by Crippen LogP contribution is -2.49. The van der Waals surface area contributed by atoms with E-state index in [1.54, 1.807) is 4.90 Å². The summed E-state index contributed by atoms with van der Waals surface area (Å²) in [6, 6.07) is 0.241. The van der Waals surface area contributed by atoms with Gasteiger partial charge in [-0.25, -0.2) is 0 Å². The molecule has 0 aromatic carbocycles. The van der Waals surface area contributed by atoms with E-state index in [0.29, 0.717) is 24.1 Å². The van der Waals surface area contributed by atoms with Gasteiger partial charge in [-0.15, -0.1) is 0 Å². The normalized spacial score (nSPS) is 27.5. The molecule has 1 aliphatic rings. The van der Waals surface area contributed by atoms with Crippen LogP contribution in [0.15, 0.2) is 0 Å². The van der Waals surface area contributed by atoms with Crippen molar-refractivity contribution in [3.63, 3.8) is 0 Å². The molecule has 1 fully saturated rings. The van der Waals surface area contributed by atoms with Gasteiger partial charge in [-0.3, -0.25) is 9.11 Å². The number of anilines is 2. The zero-order chi connectivity index (χ0) is 14.9. The maximum atomic E-state index is 11.8. The van der Waals surface area contributed by atoms with Crippen molar-refractivity contribution < 1.29 is 4.21 Å². The van der Waals surface area contributed by atoms with Gasteiger partial charge in [0.25, 0.3) is 0 Å². The lowest BCUT2D eigenvalue weighted by atomic mass is 10.2. The Morgan fingerprint density at radius 3 is 2.70 bits per heavy atom. The second-order valence-corrected chi connectivity index (χ2v) is 7.22. The first-order valence-electron chi connectivity index (χ1n) is 6.67. The van der Waals surface area contributed by atoms with Crippen LogP contribution in [0.25, 0.3) is 0 Å². The summed E-state index contributed by atoms with van der Waals surface area (Å²) < 4.78 is 11.8. The van der Waals surface area contributed by atoms with E-state index in [0.717, 1.165) is 6.54 Å². The van der Waals surface area contributed by atoms with Gasteiger partial charge >= 0.3 is 0 Å². The molecule has 0 radical (unpaired) electrons. The Bertz CT molecular complexity index is 509. The largest absolute Gasteiger partial charge is 0.368 e. The van der Waals surface area contributed by atoms with Gasteiger partial charge in [-0.2, -0.15) is 15.0 Å². The van der Waals surface area contributed by atoms with Crippen LogP contribution in [-0.4, -0.2) is 61.7 Å². The maximum Gasteiger partial charge on any atom is 0.229 e. The van der Waals surface area contributed by atoms with Gasteiger partial charge < -0.3 is 10.6 Å². The summed E-state index contributed by atoms with van der Waals surface area (Å²) in [7, 11) is 3.00. The highest BCUT2D eigenvalue weighted by Gasteiger charge is 2.30. The molecule has 1 aromatic heterocycles. The fraction of sp³-hybridized carbons (Fsp3) is 0.750. The molecule has 20 heavy (non-hydrogen) atoms. The van der Waals surface area contributed by atoms with Gasteiger partial charge in [0.1, 0.15) is 5.82 Å². The third kappa shape index (κ3) is 3.24. The quantitative estimate of drug-likeness (QED) is 0.831. The number of hydrogen-bond acceptors (Lipinski definition) is 7. The van der Waals surface area contributed by atoms with Gasteiger partial charge in [-0.1, -0.05) is 0 Å². The predicted molar refractivity (Wildman–Crippen MR) is 80.9 cm³/mol. The summed E-state index contributed by atoms with van der Waals surface area (Å²) in [5.41, 5.74) is 5.73. The number of nitrogen functional groups attached to an aromatic ring is 1. The molecule has 7 nitrogen and oxygen atoms in total. The van der Waals surface area contributed by atoms with Gasteiger partial charge in [0, 0.05) is 48.5 Å². The number of aromatic nitrogens is 3. The van der Waals surface area contributed by atoms with E-state index in [4.69, 9.17) is 5.73 Å². The smallest absolute Gasteiger partial charge is 0.229 e. The molecule has 0 amide bonds. The summed E-state index contributed by atoms with van der Waals surface area (Å²) in [5, 5.41) is 0.163. The van der Waals surface area contributed by atoms with Crippen LogP contribution in [0.4, 0.5) is 11.9 Å². The fourth-order valence-electron chi connectivity index (χ4n) is 2.21. The van der Waals surface area contributed by atoms with Gasteiger partial charge in [0.2, 0.25) is 11.9 Å². The topological polar surface area (TPSA) is 88.2 Å². The molecular formula is C12H22N6OS. The summed E-state index contributed by atoms with van der Waals surface area (Å²) in [6.45, 7) is 5.52. The van der Waals surface area contributed by atoms with Gasteiger partial charge in [0.05, 0.1) is 6.54 Å². The highest BCUT2D eigenvalue weighted by atomic mass is 32.2. The Morgan fingerprint density at radius 1 is 1.35 bits per heavy atom. The third-order valence-corrected chi connectivity index (χ3v) is 5.49. The Balaban J connectivity index is 2.15. The third-order valence-electron chi connectivity index (χ3n) is 3.68. The Kier molecular flexibility index (Phi) is 4.54. The van der Waals surface area contributed by atoms with Crippen LogP contribution < -0.4 is 10.6 Å². The van der Waals surface area contributed by atoms with Crippen LogP contribution in [-0.2, 0) is 17.3 Å². The zero-order valence-electron chi connectivity index (χ0n) is 12.4. The summed E-state index contributed by atoms with van der Waals surface area (Å²) in [6.07, 6.45) is 0. The van der Waals surface area contributed by atoms with Crippen molar-refractivity contribution >= 4 is 22.7 Å². The standard InChI is InChI=1S/C12H22N6OS/c1-8-9(2)20(19)6-5-18(8)7-10-14-11(13)16-12(15-10)17(3)4/h8-9H,5-7H2,1-4H3,(H2,13,14,15,16). The van der Waals surface area contributed by atoms with Crippen molar-refractivity contribution in [2.75, 3.05) is 37.0 Å². The maximum absolute atomic E-state index is 11.8. The molecule has 1 aromatic rings. The second-order valence-electron chi connectivity index (χ2n) is 5.31. The molecule has 2 heterocycles. The number of nitrogens with zero attached hydrogens (tertiary/aromatic N) is 5. The van der Waals surface area contributed by atoms with Crippen molar-refractivity contribution in [2.24, 2.45) is 0 Å². The molecule has 1 aliphatic heterocycles. The average Bonchev–Trinajstić information content (AvgIpc) is 2.39. The SMILES string of the molecule is CC1C(C)S(=O)CCN1Cc1nc(N)nc(N(C)C)n1. The van der Waals surface area contributed by atoms with Crippen LogP contribution in [0.2, 0.25) is 0 Å². The summed E-state index contributed by atoms with van der Waals surface area (Å²) in [5.74, 6) is 2.16. The summed E-state index contributed by atoms with van der Waals surface area (Å²) >= 11 is 0. The van der Waals surface area contributed by atoms with Crippen LogP contribution in [0.5, 0.6) is 0 Å². The van der Waals surface area contributed by atoms with Gasteiger partial charge in [-0.05, 0) is 13.8 Å². The molecule has 0 spiro atoms. The zero-order valence-corrected chi connectivity index (χ0v) is 13.2. The van der Waals surface area contributed by atoms with E-state index in [1.165, 1.54) is 0 Å². The minimum atomic E-state index is -0.738. The molecule has 1 saturated heterocycles. The molecule has 0 bridgehead atoms. The first-order valence-corrected chi connectivity index (χ1v) is 8.05. The summed E-state index contributed by atoms with van der Waals surface area (Å²) in [4.78, 5) is 16.8. The molecule has 2 rings (SSSR count). The van der Waals surface area contributed by atoms with Crippen LogP contribution in [0, 0.1) is 0 Å². The van der Waals surface area contributed by atoms with Crippen molar-refractivity contribution in [3.8, 4) is 0 Å². The van der Waals surface area contributed by atoms with Crippen molar-refractivity contribution in [3.05, 3.63) is 5.82 Å². The fourth-order valence-corrected chi connectivity index (χ4v) is 3.61. The van der Waals surface area contributed by atoms with Crippen LogP contribution in [0.1, 0.15) is 19.7 Å². The molecule has 3 atom stereocenters. The highest BCUT2D eigenvalue weighted by molar-refractivity contribution is 7.85. The Labute approximate surface area is 122 Å². The molecule has 8 heteroatoms. The van der Waals surface area contributed by atoms with Crippen molar-refractivity contribution in [2.45, 2.75) is 31.7 Å². The molecule has 0 saturated carbocycles. The second kappa shape index (κ2) is 6.01. The minimum Gasteiger partial charge on any atom is -0.368 e. The number of rotatable bonds is 3. The predicted octanol–water partition coefficient (Wildman–Crippen LogP) is -0.139. The van der Waals surface area contributed by atoms with Crippen LogP contribution >= 0.6 is 0 Å². The monoisotopic (exact) mass is 298 g/mol. The van der Waals surface area contributed by atoms with E-state index < -0.39 is 10.8 Å². The average molecular weight is 298 g/mol. The van der Waals surface area contributed by atoms with Crippen molar-refractivity contribution in [1.29, 1.82) is 0 Å². The number of nitrogens with two attached hydrogens (primary N) is 1. The van der Waals surface area contributed by atoms with E-state index in [2.05, 4.69) is 26.8 Å². The molecule has 0 aliphatic carbocycles. The van der Waals surface area contributed by atoms with E-state index in [-0.39, 0.29) is 17.2 Å².